The van der Waals surface area contributed by atoms with Crippen molar-refractivity contribution in [2.24, 2.45) is 0 Å². The molecule has 0 unspecified atom stereocenters. The Morgan fingerprint density at radius 1 is 1.21 bits per heavy atom. The molecule has 2 aromatic carbocycles. The molecule has 0 bridgehead atoms. The first-order valence-corrected chi connectivity index (χ1v) is 7.33. The van der Waals surface area contributed by atoms with Gasteiger partial charge in [-0.05, 0) is 30.7 Å². The number of hydrogen-bond donors (Lipinski definition) is 2. The summed E-state index contributed by atoms with van der Waals surface area (Å²) in [6.45, 7) is 1.59. The zero-order valence-corrected chi connectivity index (χ0v) is 13.5. The first-order valence-electron chi connectivity index (χ1n) is 6.95. The quantitative estimate of drug-likeness (QED) is 0.641. The zero-order chi connectivity index (χ0) is 17.7. The van der Waals surface area contributed by atoms with Crippen molar-refractivity contribution < 1.29 is 14.5 Å². The molecule has 0 aliphatic carbocycles. The van der Waals surface area contributed by atoms with E-state index >= 15 is 0 Å². The van der Waals surface area contributed by atoms with E-state index in [1.807, 2.05) is 6.92 Å². The van der Waals surface area contributed by atoms with Gasteiger partial charge in [-0.15, -0.1) is 0 Å². The molecule has 0 aliphatic rings. The normalized spacial score (nSPS) is 10.1. The summed E-state index contributed by atoms with van der Waals surface area (Å²) in [5, 5.41) is 16.1. The Morgan fingerprint density at radius 3 is 2.62 bits per heavy atom. The zero-order valence-electron chi connectivity index (χ0n) is 12.7. The number of amides is 2. The third kappa shape index (κ3) is 4.53. The van der Waals surface area contributed by atoms with Crippen LogP contribution in [-0.4, -0.2) is 23.3 Å². The van der Waals surface area contributed by atoms with Crippen LogP contribution in [0, 0.1) is 17.0 Å². The van der Waals surface area contributed by atoms with Gasteiger partial charge in [0.2, 0.25) is 5.91 Å². The first kappa shape index (κ1) is 17.4. The molecular formula is C16H14ClN3O4. The molecule has 0 aliphatic heterocycles. The van der Waals surface area contributed by atoms with Gasteiger partial charge in [0.15, 0.2) is 0 Å². The number of halogens is 1. The number of aryl methyl sites for hydroxylation is 1. The van der Waals surface area contributed by atoms with Crippen LogP contribution in [0.5, 0.6) is 0 Å². The number of anilines is 1. The minimum absolute atomic E-state index is 0.102. The Kier molecular flexibility index (Phi) is 5.49. The van der Waals surface area contributed by atoms with Gasteiger partial charge in [0, 0.05) is 17.7 Å². The second-order valence-electron chi connectivity index (χ2n) is 5.02. The molecule has 2 aromatic rings. The van der Waals surface area contributed by atoms with Gasteiger partial charge in [-0.2, -0.15) is 0 Å². The fourth-order valence-corrected chi connectivity index (χ4v) is 2.22. The summed E-state index contributed by atoms with van der Waals surface area (Å²) in [5.41, 5.74) is 1.30. The molecule has 0 saturated carbocycles. The maximum atomic E-state index is 11.9. The third-order valence-electron chi connectivity index (χ3n) is 3.13. The second kappa shape index (κ2) is 7.56. The number of carbonyl (C=O) groups is 2. The molecule has 2 N–H and O–H groups in total. The van der Waals surface area contributed by atoms with Crippen LogP contribution in [0.15, 0.2) is 42.5 Å². The molecule has 0 aromatic heterocycles. The van der Waals surface area contributed by atoms with Crippen molar-refractivity contribution in [3.63, 3.8) is 0 Å². The Hall–Kier alpha value is -2.93. The number of non-ortho nitro benzene ring substituents is 1. The number of benzene rings is 2. The highest BCUT2D eigenvalue weighted by Gasteiger charge is 2.13. The average molecular weight is 348 g/mol. The van der Waals surface area contributed by atoms with Gasteiger partial charge in [0.1, 0.15) is 0 Å². The lowest BCUT2D eigenvalue weighted by molar-refractivity contribution is -0.384. The number of nitrogens with zero attached hydrogens (tertiary/aromatic N) is 1. The van der Waals surface area contributed by atoms with Crippen LogP contribution >= 0.6 is 11.6 Å². The van der Waals surface area contributed by atoms with Crippen molar-refractivity contribution in [2.75, 3.05) is 11.9 Å². The van der Waals surface area contributed by atoms with Gasteiger partial charge >= 0.3 is 0 Å². The maximum absolute atomic E-state index is 11.9. The summed E-state index contributed by atoms with van der Waals surface area (Å²) in [7, 11) is 0. The van der Waals surface area contributed by atoms with E-state index in [2.05, 4.69) is 10.6 Å². The molecule has 0 heterocycles. The van der Waals surface area contributed by atoms with Gasteiger partial charge in [-0.25, -0.2) is 0 Å². The van der Waals surface area contributed by atoms with Crippen LogP contribution in [-0.2, 0) is 4.79 Å². The summed E-state index contributed by atoms with van der Waals surface area (Å²) in [4.78, 5) is 33.9. The van der Waals surface area contributed by atoms with Crippen molar-refractivity contribution in [1.82, 2.24) is 5.32 Å². The van der Waals surface area contributed by atoms with Crippen molar-refractivity contribution in [1.29, 1.82) is 0 Å². The summed E-state index contributed by atoms with van der Waals surface area (Å²) in [6, 6.07) is 10.4. The summed E-state index contributed by atoms with van der Waals surface area (Å²) in [5.74, 6) is -1.04. The molecule has 0 atom stereocenters. The second-order valence-corrected chi connectivity index (χ2v) is 5.43. The molecule has 0 saturated heterocycles. The lowest BCUT2D eigenvalue weighted by Crippen LogP contribution is -2.32. The van der Waals surface area contributed by atoms with Crippen molar-refractivity contribution in [3.8, 4) is 0 Å². The first-order chi connectivity index (χ1) is 11.4. The number of nitro benzene ring substituents is 1. The number of nitro groups is 1. The van der Waals surface area contributed by atoms with Crippen LogP contribution < -0.4 is 10.6 Å². The maximum Gasteiger partial charge on any atom is 0.270 e. The van der Waals surface area contributed by atoms with E-state index in [4.69, 9.17) is 11.6 Å². The molecule has 2 amide bonds. The number of nitrogens with one attached hydrogen (secondary N) is 2. The minimum atomic E-state index is -0.594. The van der Waals surface area contributed by atoms with Crippen LogP contribution in [0.1, 0.15) is 15.9 Å². The smallest absolute Gasteiger partial charge is 0.270 e. The highest BCUT2D eigenvalue weighted by molar-refractivity contribution is 6.33. The Balaban J connectivity index is 1.95. The summed E-state index contributed by atoms with van der Waals surface area (Å²) < 4.78 is 0. The average Bonchev–Trinajstić information content (AvgIpc) is 2.55. The van der Waals surface area contributed by atoms with E-state index in [1.54, 1.807) is 18.2 Å². The molecule has 0 fully saturated rings. The van der Waals surface area contributed by atoms with Crippen molar-refractivity contribution >= 4 is 34.8 Å². The van der Waals surface area contributed by atoms with Crippen LogP contribution in [0.3, 0.4) is 0 Å². The summed E-state index contributed by atoms with van der Waals surface area (Å²) in [6.07, 6.45) is 0. The van der Waals surface area contributed by atoms with E-state index in [1.165, 1.54) is 18.2 Å². The Bertz CT molecular complexity index is 808. The molecule has 0 spiro atoms. The lowest BCUT2D eigenvalue weighted by Gasteiger charge is -2.09. The van der Waals surface area contributed by atoms with Crippen LogP contribution in [0.2, 0.25) is 5.02 Å². The highest BCUT2D eigenvalue weighted by Crippen LogP contribution is 2.22. The number of carbonyl (C=O) groups excluding carboxylic acids is 2. The molecule has 2 rings (SSSR count). The van der Waals surface area contributed by atoms with E-state index in [0.717, 1.165) is 11.6 Å². The fourth-order valence-electron chi connectivity index (χ4n) is 1.94. The highest BCUT2D eigenvalue weighted by atomic mass is 35.5. The molecule has 0 radical (unpaired) electrons. The number of rotatable bonds is 5. The standard InChI is InChI=1S/C16H14ClN3O4/c1-10-5-6-14(13(17)7-10)19-15(21)9-18-16(22)11-3-2-4-12(8-11)20(23)24/h2-8H,9H2,1H3,(H,18,22)(H,19,21). The van der Waals surface area contributed by atoms with Gasteiger partial charge in [0.25, 0.3) is 11.6 Å². The lowest BCUT2D eigenvalue weighted by atomic mass is 10.2. The van der Waals surface area contributed by atoms with Crippen molar-refractivity contribution in [3.05, 3.63) is 68.7 Å². The van der Waals surface area contributed by atoms with Gasteiger partial charge in [-0.1, -0.05) is 23.7 Å². The minimum Gasteiger partial charge on any atom is -0.343 e. The van der Waals surface area contributed by atoms with E-state index in [9.17, 15) is 19.7 Å². The van der Waals surface area contributed by atoms with Gasteiger partial charge in [-0.3, -0.25) is 19.7 Å². The number of hydrogen-bond acceptors (Lipinski definition) is 4. The molecule has 24 heavy (non-hydrogen) atoms. The van der Waals surface area contributed by atoms with Gasteiger partial charge < -0.3 is 10.6 Å². The van der Waals surface area contributed by atoms with Crippen LogP contribution in [0.4, 0.5) is 11.4 Å². The van der Waals surface area contributed by atoms with Crippen LogP contribution in [0.25, 0.3) is 0 Å². The Labute approximate surface area is 142 Å². The van der Waals surface area contributed by atoms with Gasteiger partial charge in [0.05, 0.1) is 22.2 Å². The van der Waals surface area contributed by atoms with Crippen molar-refractivity contribution in [2.45, 2.75) is 6.92 Å². The predicted octanol–water partition coefficient (Wildman–Crippen LogP) is 2.93. The topological polar surface area (TPSA) is 101 Å². The SMILES string of the molecule is Cc1ccc(NC(=O)CNC(=O)c2cccc([N+](=O)[O-])c2)c(Cl)c1. The van der Waals surface area contributed by atoms with E-state index in [-0.39, 0.29) is 17.8 Å². The molecule has 7 nitrogen and oxygen atoms in total. The fraction of sp³-hybridized carbons (Fsp3) is 0.125. The monoisotopic (exact) mass is 347 g/mol. The van der Waals surface area contributed by atoms with E-state index in [0.29, 0.717) is 10.7 Å². The Morgan fingerprint density at radius 2 is 1.96 bits per heavy atom. The largest absolute Gasteiger partial charge is 0.343 e. The third-order valence-corrected chi connectivity index (χ3v) is 3.44. The molecule has 8 heteroatoms. The summed E-state index contributed by atoms with van der Waals surface area (Å²) >= 11 is 6.01. The molecular weight excluding hydrogens is 334 g/mol. The molecule has 124 valence electrons. The predicted molar refractivity (Wildman–Crippen MR) is 90.2 cm³/mol. The van der Waals surface area contributed by atoms with E-state index < -0.39 is 16.7 Å².